The predicted octanol–water partition coefficient (Wildman–Crippen LogP) is 0.362. The van der Waals surface area contributed by atoms with E-state index in [-0.39, 0.29) is 24.3 Å². The molecule has 0 saturated carbocycles. The number of likely N-dealkylation sites (N-methyl/N-ethyl adjacent to an activating group) is 1. The van der Waals surface area contributed by atoms with Gasteiger partial charge in [-0.2, -0.15) is 0 Å². The number of amides is 1. The van der Waals surface area contributed by atoms with Gasteiger partial charge in [-0.15, -0.1) is 0 Å². The normalized spacial score (nSPS) is 27.4. The number of ether oxygens (including phenoxy) is 2. The molecule has 2 unspecified atom stereocenters. The summed E-state index contributed by atoms with van der Waals surface area (Å²) < 4.78 is 10.5. The van der Waals surface area contributed by atoms with Crippen LogP contribution in [-0.4, -0.2) is 134 Å². The lowest BCUT2D eigenvalue weighted by Gasteiger charge is -2.38. The van der Waals surface area contributed by atoms with Crippen LogP contribution in [0.2, 0.25) is 0 Å². The minimum atomic E-state index is -0.184. The molecule has 2 atom stereocenters. The van der Waals surface area contributed by atoms with Crippen molar-refractivity contribution < 1.29 is 19.1 Å². The Bertz CT molecular complexity index is 562. The third-order valence-electron chi connectivity index (χ3n) is 6.77. The lowest BCUT2D eigenvalue weighted by Crippen LogP contribution is -2.54. The van der Waals surface area contributed by atoms with Crippen LogP contribution in [0.15, 0.2) is 0 Å². The maximum absolute atomic E-state index is 12.5. The van der Waals surface area contributed by atoms with Crippen LogP contribution in [0.5, 0.6) is 0 Å². The Morgan fingerprint density at radius 3 is 2.20 bits per heavy atom. The molecule has 172 valence electrons. The second-order valence-corrected chi connectivity index (χ2v) is 8.54. The van der Waals surface area contributed by atoms with Crippen molar-refractivity contribution in [3.05, 3.63) is 0 Å². The molecule has 3 saturated heterocycles. The summed E-state index contributed by atoms with van der Waals surface area (Å²) in [4.78, 5) is 35.2. The SMILES string of the molecule is CCN1CCN(CCCN2C(=O)OC(N3CCN(CCC(=O)OC)CC3)C2C)CC1. The minimum absolute atomic E-state index is 0.0658. The fourth-order valence-corrected chi connectivity index (χ4v) is 4.65. The molecular weight excluding hydrogens is 386 g/mol. The van der Waals surface area contributed by atoms with E-state index in [0.29, 0.717) is 6.42 Å². The number of carbonyl (C=O) groups excluding carboxylic acids is 2. The maximum atomic E-state index is 12.5. The van der Waals surface area contributed by atoms with Crippen LogP contribution in [-0.2, 0) is 14.3 Å². The Labute approximate surface area is 180 Å². The van der Waals surface area contributed by atoms with E-state index in [0.717, 1.165) is 85.0 Å². The highest BCUT2D eigenvalue weighted by Gasteiger charge is 2.42. The molecule has 9 nitrogen and oxygen atoms in total. The number of rotatable bonds is 9. The van der Waals surface area contributed by atoms with Gasteiger partial charge in [-0.3, -0.25) is 9.69 Å². The monoisotopic (exact) mass is 425 g/mol. The number of esters is 1. The van der Waals surface area contributed by atoms with E-state index >= 15 is 0 Å². The Balaban J connectivity index is 1.37. The van der Waals surface area contributed by atoms with E-state index in [1.165, 1.54) is 7.11 Å². The van der Waals surface area contributed by atoms with Gasteiger partial charge in [0.2, 0.25) is 0 Å². The highest BCUT2D eigenvalue weighted by molar-refractivity contribution is 5.70. The average molecular weight is 426 g/mol. The Morgan fingerprint density at radius 2 is 1.57 bits per heavy atom. The van der Waals surface area contributed by atoms with Crippen LogP contribution in [0.25, 0.3) is 0 Å². The van der Waals surface area contributed by atoms with Gasteiger partial charge >= 0.3 is 12.1 Å². The zero-order valence-electron chi connectivity index (χ0n) is 18.9. The van der Waals surface area contributed by atoms with Crippen LogP contribution in [0, 0.1) is 0 Å². The van der Waals surface area contributed by atoms with Crippen LogP contribution in [0.1, 0.15) is 26.7 Å². The van der Waals surface area contributed by atoms with E-state index < -0.39 is 0 Å². The third kappa shape index (κ3) is 6.06. The van der Waals surface area contributed by atoms with Gasteiger partial charge in [-0.1, -0.05) is 6.92 Å². The molecule has 0 aromatic carbocycles. The molecule has 3 aliphatic rings. The van der Waals surface area contributed by atoms with Crippen LogP contribution in [0.4, 0.5) is 4.79 Å². The second-order valence-electron chi connectivity index (χ2n) is 8.54. The third-order valence-corrected chi connectivity index (χ3v) is 6.77. The zero-order chi connectivity index (χ0) is 21.5. The summed E-state index contributed by atoms with van der Waals surface area (Å²) in [5, 5.41) is 0. The molecule has 0 radical (unpaired) electrons. The predicted molar refractivity (Wildman–Crippen MR) is 114 cm³/mol. The van der Waals surface area contributed by atoms with E-state index in [1.807, 2.05) is 4.90 Å². The molecule has 0 N–H and O–H groups in total. The number of cyclic esters (lactones) is 1. The Kier molecular flexibility index (Phi) is 8.73. The van der Waals surface area contributed by atoms with Crippen molar-refractivity contribution in [2.75, 3.05) is 85.6 Å². The summed E-state index contributed by atoms with van der Waals surface area (Å²) in [5.41, 5.74) is 0. The molecule has 0 bridgehead atoms. The number of hydrogen-bond donors (Lipinski definition) is 0. The number of methoxy groups -OCH3 is 1. The maximum Gasteiger partial charge on any atom is 0.411 e. The largest absolute Gasteiger partial charge is 0.469 e. The minimum Gasteiger partial charge on any atom is -0.469 e. The van der Waals surface area contributed by atoms with Crippen molar-refractivity contribution in [2.24, 2.45) is 0 Å². The molecule has 30 heavy (non-hydrogen) atoms. The van der Waals surface area contributed by atoms with Crippen LogP contribution >= 0.6 is 0 Å². The van der Waals surface area contributed by atoms with Crippen molar-refractivity contribution in [2.45, 2.75) is 39.0 Å². The van der Waals surface area contributed by atoms with Crippen molar-refractivity contribution >= 4 is 12.1 Å². The average Bonchev–Trinajstić information content (AvgIpc) is 3.06. The van der Waals surface area contributed by atoms with Gasteiger partial charge in [0.05, 0.1) is 19.6 Å². The zero-order valence-corrected chi connectivity index (χ0v) is 18.9. The summed E-state index contributed by atoms with van der Waals surface area (Å²) in [6.45, 7) is 15.9. The standard InChI is InChI=1S/C21H39N5O4/c1-4-22-10-12-23(13-11-22)7-5-8-26-18(2)20(30-21(26)28)25-16-14-24(15-17-25)9-6-19(27)29-3/h18,20H,4-17H2,1-3H3. The molecule has 1 amide bonds. The highest BCUT2D eigenvalue weighted by Crippen LogP contribution is 2.24. The van der Waals surface area contributed by atoms with Gasteiger partial charge in [0, 0.05) is 65.4 Å². The molecule has 0 aromatic heterocycles. The molecule has 0 aromatic rings. The molecule has 3 rings (SSSR count). The molecule has 9 heteroatoms. The lowest BCUT2D eigenvalue weighted by molar-refractivity contribution is -0.141. The molecule has 0 spiro atoms. The van der Waals surface area contributed by atoms with Gasteiger partial charge in [0.15, 0.2) is 6.23 Å². The summed E-state index contributed by atoms with van der Waals surface area (Å²) in [7, 11) is 1.42. The quantitative estimate of drug-likeness (QED) is 0.491. The van der Waals surface area contributed by atoms with Gasteiger partial charge in [-0.25, -0.2) is 4.79 Å². The van der Waals surface area contributed by atoms with Gasteiger partial charge in [0.1, 0.15) is 0 Å². The number of piperazine rings is 2. The fourth-order valence-electron chi connectivity index (χ4n) is 4.65. The van der Waals surface area contributed by atoms with E-state index in [9.17, 15) is 9.59 Å². The van der Waals surface area contributed by atoms with Crippen molar-refractivity contribution in [1.29, 1.82) is 0 Å². The summed E-state index contributed by atoms with van der Waals surface area (Å²) in [6.07, 6.45) is 1.05. The number of carbonyl (C=O) groups is 2. The van der Waals surface area contributed by atoms with Gasteiger partial charge in [0.25, 0.3) is 0 Å². The number of hydrogen-bond acceptors (Lipinski definition) is 8. The summed E-state index contributed by atoms with van der Waals surface area (Å²) in [5.74, 6) is -0.168. The van der Waals surface area contributed by atoms with Gasteiger partial charge in [-0.05, 0) is 26.4 Å². The molecule has 3 aliphatic heterocycles. The first-order valence-electron chi connectivity index (χ1n) is 11.5. The van der Waals surface area contributed by atoms with Crippen molar-refractivity contribution in [1.82, 2.24) is 24.5 Å². The fraction of sp³-hybridized carbons (Fsp3) is 0.905. The van der Waals surface area contributed by atoms with E-state index in [2.05, 4.69) is 33.4 Å². The second kappa shape index (κ2) is 11.3. The van der Waals surface area contributed by atoms with E-state index in [1.54, 1.807) is 0 Å². The van der Waals surface area contributed by atoms with Crippen LogP contribution < -0.4 is 0 Å². The number of nitrogens with zero attached hydrogens (tertiary/aromatic N) is 5. The molecular formula is C21H39N5O4. The first kappa shape index (κ1) is 23.2. The molecule has 3 fully saturated rings. The van der Waals surface area contributed by atoms with Crippen molar-refractivity contribution in [3.8, 4) is 0 Å². The first-order valence-corrected chi connectivity index (χ1v) is 11.5. The summed E-state index contributed by atoms with van der Waals surface area (Å²) in [6, 6.07) is 0.0658. The van der Waals surface area contributed by atoms with Crippen molar-refractivity contribution in [3.63, 3.8) is 0 Å². The smallest absolute Gasteiger partial charge is 0.411 e. The van der Waals surface area contributed by atoms with E-state index in [4.69, 9.17) is 9.47 Å². The summed E-state index contributed by atoms with van der Waals surface area (Å²) >= 11 is 0. The topological polar surface area (TPSA) is 68.8 Å². The molecule has 0 aliphatic carbocycles. The van der Waals surface area contributed by atoms with Gasteiger partial charge < -0.3 is 29.1 Å². The van der Waals surface area contributed by atoms with Crippen LogP contribution in [0.3, 0.4) is 0 Å². The molecule has 3 heterocycles. The Hall–Kier alpha value is -1.42. The first-order chi connectivity index (χ1) is 14.5. The Morgan fingerprint density at radius 1 is 0.967 bits per heavy atom. The highest BCUT2D eigenvalue weighted by atomic mass is 16.6. The lowest BCUT2D eigenvalue weighted by atomic mass is 10.2.